The van der Waals surface area contributed by atoms with Crippen LogP contribution in [0.4, 0.5) is 0 Å². The smallest absolute Gasteiger partial charge is 0.235 e. The number of benzene rings is 1. The number of carbonyl (C=O) groups excluding carboxylic acids is 1. The molecule has 0 spiro atoms. The van der Waals surface area contributed by atoms with Gasteiger partial charge in [-0.15, -0.1) is 0 Å². The zero-order valence-corrected chi connectivity index (χ0v) is 13.3. The van der Waals surface area contributed by atoms with Crippen molar-refractivity contribution in [3.8, 4) is 0 Å². The van der Waals surface area contributed by atoms with E-state index in [1.807, 2.05) is 31.3 Å². The molecule has 0 unspecified atom stereocenters. The lowest BCUT2D eigenvalue weighted by Gasteiger charge is -2.41. The van der Waals surface area contributed by atoms with Gasteiger partial charge in [0.05, 0.1) is 10.4 Å². The van der Waals surface area contributed by atoms with Crippen molar-refractivity contribution in [2.24, 2.45) is 11.1 Å². The molecule has 19 heavy (non-hydrogen) atoms. The van der Waals surface area contributed by atoms with Gasteiger partial charge in [-0.25, -0.2) is 0 Å². The predicted octanol–water partition coefficient (Wildman–Crippen LogP) is 2.86. The Morgan fingerprint density at radius 2 is 2.21 bits per heavy atom. The highest BCUT2D eigenvalue weighted by Crippen LogP contribution is 2.42. The van der Waals surface area contributed by atoms with E-state index in [4.69, 9.17) is 18.0 Å². The number of hydrogen-bond donors (Lipinski definition) is 1. The van der Waals surface area contributed by atoms with E-state index in [9.17, 15) is 4.79 Å². The van der Waals surface area contributed by atoms with Gasteiger partial charge in [0, 0.05) is 18.1 Å². The number of halogens is 1. The van der Waals surface area contributed by atoms with Gasteiger partial charge in [0.15, 0.2) is 0 Å². The van der Waals surface area contributed by atoms with E-state index in [-0.39, 0.29) is 5.91 Å². The molecule has 102 valence electrons. The maximum Gasteiger partial charge on any atom is 0.235 e. The van der Waals surface area contributed by atoms with E-state index < -0.39 is 5.41 Å². The molecule has 3 nitrogen and oxygen atoms in total. The summed E-state index contributed by atoms with van der Waals surface area (Å²) < 4.78 is 1.01. The summed E-state index contributed by atoms with van der Waals surface area (Å²) in [6.45, 7) is 0.572. The van der Waals surface area contributed by atoms with Crippen molar-refractivity contribution in [2.75, 3.05) is 7.05 Å². The maximum atomic E-state index is 12.5. The SMILES string of the molecule is CN(Cc1cccc(Br)c1)C(=O)C1(C(N)=S)CCC1. The minimum atomic E-state index is -0.587. The predicted molar refractivity (Wildman–Crippen MR) is 83.7 cm³/mol. The first-order valence-electron chi connectivity index (χ1n) is 6.25. The molecule has 0 bridgehead atoms. The van der Waals surface area contributed by atoms with Crippen LogP contribution in [0.5, 0.6) is 0 Å². The fourth-order valence-electron chi connectivity index (χ4n) is 2.44. The molecule has 1 saturated carbocycles. The third-order valence-corrected chi connectivity index (χ3v) is 4.63. The van der Waals surface area contributed by atoms with Gasteiger partial charge < -0.3 is 10.6 Å². The lowest BCUT2D eigenvalue weighted by molar-refractivity contribution is -0.141. The Bertz CT molecular complexity index is 514. The molecule has 1 aromatic rings. The summed E-state index contributed by atoms with van der Waals surface area (Å²) in [6.07, 6.45) is 2.59. The largest absolute Gasteiger partial charge is 0.392 e. The molecule has 1 aromatic carbocycles. The van der Waals surface area contributed by atoms with E-state index in [1.165, 1.54) is 0 Å². The number of nitrogens with zero attached hydrogens (tertiary/aromatic N) is 1. The molecule has 0 saturated heterocycles. The third-order valence-electron chi connectivity index (χ3n) is 3.74. The summed E-state index contributed by atoms with van der Waals surface area (Å²) >= 11 is 8.52. The molecule has 0 heterocycles. The van der Waals surface area contributed by atoms with E-state index >= 15 is 0 Å². The molecular formula is C14H17BrN2OS. The number of thiocarbonyl (C=S) groups is 1. The van der Waals surface area contributed by atoms with Crippen LogP contribution in [0.15, 0.2) is 28.7 Å². The first-order valence-corrected chi connectivity index (χ1v) is 7.46. The molecule has 1 aliphatic carbocycles. The molecule has 0 radical (unpaired) electrons. The maximum absolute atomic E-state index is 12.5. The summed E-state index contributed by atoms with van der Waals surface area (Å²) in [5, 5.41) is 0. The van der Waals surface area contributed by atoms with Crippen LogP contribution in [0.25, 0.3) is 0 Å². The fraction of sp³-hybridized carbons (Fsp3) is 0.429. The van der Waals surface area contributed by atoms with Crippen molar-refractivity contribution in [2.45, 2.75) is 25.8 Å². The number of amides is 1. The van der Waals surface area contributed by atoms with E-state index in [0.29, 0.717) is 11.5 Å². The van der Waals surface area contributed by atoms with Crippen molar-refractivity contribution in [3.63, 3.8) is 0 Å². The highest BCUT2D eigenvalue weighted by atomic mass is 79.9. The van der Waals surface area contributed by atoms with Crippen LogP contribution in [0.1, 0.15) is 24.8 Å². The lowest BCUT2D eigenvalue weighted by Crippen LogP contribution is -2.53. The molecule has 2 rings (SSSR count). The van der Waals surface area contributed by atoms with Gasteiger partial charge in [0.2, 0.25) is 5.91 Å². The Morgan fingerprint density at radius 1 is 1.53 bits per heavy atom. The summed E-state index contributed by atoms with van der Waals surface area (Å²) in [7, 11) is 1.81. The second-order valence-corrected chi connectivity index (χ2v) is 6.45. The molecule has 0 aromatic heterocycles. The number of hydrogen-bond acceptors (Lipinski definition) is 2. The van der Waals surface area contributed by atoms with E-state index in [2.05, 4.69) is 15.9 Å². The first-order chi connectivity index (χ1) is 8.95. The zero-order valence-electron chi connectivity index (χ0n) is 10.9. The van der Waals surface area contributed by atoms with Crippen LogP contribution in [-0.2, 0) is 11.3 Å². The quantitative estimate of drug-likeness (QED) is 0.857. The van der Waals surface area contributed by atoms with Crippen molar-refractivity contribution >= 4 is 39.0 Å². The molecule has 5 heteroatoms. The average molecular weight is 341 g/mol. The van der Waals surface area contributed by atoms with Crippen LogP contribution in [0.3, 0.4) is 0 Å². The van der Waals surface area contributed by atoms with Gasteiger partial charge in [-0.1, -0.05) is 46.7 Å². The molecule has 1 amide bonds. The number of nitrogens with two attached hydrogens (primary N) is 1. The molecule has 1 fully saturated rings. The van der Waals surface area contributed by atoms with Gasteiger partial charge in [0.25, 0.3) is 0 Å². The van der Waals surface area contributed by atoms with Gasteiger partial charge in [-0.2, -0.15) is 0 Å². The average Bonchev–Trinajstić information content (AvgIpc) is 2.26. The van der Waals surface area contributed by atoms with Gasteiger partial charge in [-0.3, -0.25) is 4.79 Å². The standard InChI is InChI=1S/C14H17BrN2OS/c1-17(9-10-4-2-5-11(15)8-10)13(18)14(12(16)19)6-3-7-14/h2,4-5,8H,3,6-7,9H2,1H3,(H2,16,19). The van der Waals surface area contributed by atoms with Crippen molar-refractivity contribution < 1.29 is 4.79 Å². The summed E-state index contributed by atoms with van der Waals surface area (Å²) in [5.74, 6) is 0.0474. The number of rotatable bonds is 4. The molecule has 0 aliphatic heterocycles. The number of carbonyl (C=O) groups is 1. The molecule has 0 atom stereocenters. The second kappa shape index (κ2) is 5.59. The topological polar surface area (TPSA) is 46.3 Å². The Balaban J connectivity index is 2.09. The Morgan fingerprint density at radius 3 is 2.68 bits per heavy atom. The Labute approximate surface area is 127 Å². The monoisotopic (exact) mass is 340 g/mol. The highest BCUT2D eigenvalue weighted by Gasteiger charge is 2.48. The minimum Gasteiger partial charge on any atom is -0.392 e. The van der Waals surface area contributed by atoms with Crippen molar-refractivity contribution in [3.05, 3.63) is 34.3 Å². The van der Waals surface area contributed by atoms with Crippen LogP contribution < -0.4 is 5.73 Å². The van der Waals surface area contributed by atoms with E-state index in [1.54, 1.807) is 4.90 Å². The zero-order chi connectivity index (χ0) is 14.0. The Kier molecular flexibility index (Phi) is 4.26. The highest BCUT2D eigenvalue weighted by molar-refractivity contribution is 9.10. The molecule has 1 aliphatic rings. The molecule has 2 N–H and O–H groups in total. The summed E-state index contributed by atoms with van der Waals surface area (Å²) in [6, 6.07) is 7.94. The van der Waals surface area contributed by atoms with Crippen LogP contribution in [0, 0.1) is 5.41 Å². The van der Waals surface area contributed by atoms with Gasteiger partial charge in [-0.05, 0) is 30.5 Å². The normalized spacial score (nSPS) is 16.5. The second-order valence-electron chi connectivity index (χ2n) is 5.09. The van der Waals surface area contributed by atoms with Crippen LogP contribution in [0.2, 0.25) is 0 Å². The molecular weight excluding hydrogens is 324 g/mol. The Hall–Kier alpha value is -0.940. The summed E-state index contributed by atoms with van der Waals surface area (Å²) in [4.78, 5) is 14.6. The lowest BCUT2D eigenvalue weighted by atomic mass is 9.67. The minimum absolute atomic E-state index is 0.0474. The summed E-state index contributed by atoms with van der Waals surface area (Å²) in [5.41, 5.74) is 6.26. The van der Waals surface area contributed by atoms with Crippen molar-refractivity contribution in [1.29, 1.82) is 0 Å². The van der Waals surface area contributed by atoms with Crippen molar-refractivity contribution in [1.82, 2.24) is 4.90 Å². The first kappa shape index (κ1) is 14.5. The fourth-order valence-corrected chi connectivity index (χ4v) is 3.18. The van der Waals surface area contributed by atoms with Crippen LogP contribution in [-0.4, -0.2) is 22.8 Å². The van der Waals surface area contributed by atoms with Gasteiger partial charge >= 0.3 is 0 Å². The van der Waals surface area contributed by atoms with E-state index in [0.717, 1.165) is 29.3 Å². The third kappa shape index (κ3) is 2.82. The van der Waals surface area contributed by atoms with Crippen LogP contribution >= 0.6 is 28.1 Å². The van der Waals surface area contributed by atoms with Gasteiger partial charge in [0.1, 0.15) is 0 Å².